The van der Waals surface area contributed by atoms with Crippen LogP contribution in [0.3, 0.4) is 0 Å². The number of ether oxygens (including phenoxy) is 1. The van der Waals surface area contributed by atoms with Gasteiger partial charge in [0.15, 0.2) is 5.75 Å². The van der Waals surface area contributed by atoms with Gasteiger partial charge in [0, 0.05) is 17.6 Å². The highest BCUT2D eigenvalue weighted by Gasteiger charge is 2.15. The van der Waals surface area contributed by atoms with Crippen LogP contribution in [0, 0.1) is 17.0 Å². The van der Waals surface area contributed by atoms with Crippen LogP contribution in [0.15, 0.2) is 48.0 Å². The minimum Gasteiger partial charge on any atom is -0.480 e. The van der Waals surface area contributed by atoms with Gasteiger partial charge in [-0.3, -0.25) is 15.1 Å². The SMILES string of the molecule is Cc1ccc([N+](=O)[O-])c(OCc2csc(-c3ccccn3)n2)c1. The van der Waals surface area contributed by atoms with Gasteiger partial charge in [0.2, 0.25) is 0 Å². The van der Waals surface area contributed by atoms with Crippen LogP contribution >= 0.6 is 11.3 Å². The van der Waals surface area contributed by atoms with Gasteiger partial charge in [-0.25, -0.2) is 4.98 Å². The van der Waals surface area contributed by atoms with Crippen LogP contribution in [-0.4, -0.2) is 14.9 Å². The number of benzene rings is 1. The van der Waals surface area contributed by atoms with Gasteiger partial charge in [0.25, 0.3) is 0 Å². The Kier molecular flexibility index (Phi) is 4.29. The number of pyridine rings is 1. The second-order valence-electron chi connectivity index (χ2n) is 4.88. The summed E-state index contributed by atoms with van der Waals surface area (Å²) in [7, 11) is 0. The maximum absolute atomic E-state index is 11.0. The maximum Gasteiger partial charge on any atom is 0.310 e. The summed E-state index contributed by atoms with van der Waals surface area (Å²) in [5.41, 5.74) is 2.37. The van der Waals surface area contributed by atoms with Crippen LogP contribution in [0.4, 0.5) is 5.69 Å². The van der Waals surface area contributed by atoms with Crippen LogP contribution in [0.5, 0.6) is 5.75 Å². The van der Waals surface area contributed by atoms with Crippen molar-refractivity contribution in [1.29, 1.82) is 0 Å². The van der Waals surface area contributed by atoms with E-state index in [1.165, 1.54) is 17.4 Å². The lowest BCUT2D eigenvalue weighted by Gasteiger charge is -2.06. The third kappa shape index (κ3) is 3.51. The predicted octanol–water partition coefficient (Wildman–Crippen LogP) is 4.00. The number of hydrogen-bond donors (Lipinski definition) is 0. The number of nitro benzene ring substituents is 1. The fourth-order valence-corrected chi connectivity index (χ4v) is 2.80. The average molecular weight is 327 g/mol. The highest BCUT2D eigenvalue weighted by atomic mass is 32.1. The first-order valence-corrected chi connectivity index (χ1v) is 7.75. The van der Waals surface area contributed by atoms with Crippen molar-refractivity contribution in [3.8, 4) is 16.5 Å². The van der Waals surface area contributed by atoms with E-state index in [-0.39, 0.29) is 18.0 Å². The summed E-state index contributed by atoms with van der Waals surface area (Å²) in [5.74, 6) is 0.252. The van der Waals surface area contributed by atoms with Crippen molar-refractivity contribution < 1.29 is 9.66 Å². The highest BCUT2D eigenvalue weighted by Crippen LogP contribution is 2.29. The number of nitro groups is 1. The number of nitrogens with zero attached hydrogens (tertiary/aromatic N) is 3. The lowest BCUT2D eigenvalue weighted by molar-refractivity contribution is -0.386. The van der Waals surface area contributed by atoms with Crippen LogP contribution in [0.25, 0.3) is 10.7 Å². The Balaban J connectivity index is 1.76. The second-order valence-corrected chi connectivity index (χ2v) is 5.73. The Morgan fingerprint density at radius 2 is 2.17 bits per heavy atom. The molecule has 7 heteroatoms. The zero-order valence-corrected chi connectivity index (χ0v) is 13.1. The van der Waals surface area contributed by atoms with E-state index in [0.717, 1.165) is 16.3 Å². The molecule has 3 rings (SSSR count). The van der Waals surface area contributed by atoms with Gasteiger partial charge in [0.1, 0.15) is 11.6 Å². The molecule has 0 spiro atoms. The topological polar surface area (TPSA) is 78.2 Å². The van der Waals surface area contributed by atoms with Crippen molar-refractivity contribution in [3.05, 3.63) is 69.3 Å². The first-order valence-electron chi connectivity index (χ1n) is 6.87. The molecule has 0 bridgehead atoms. The smallest absolute Gasteiger partial charge is 0.310 e. The maximum atomic E-state index is 11.0. The molecule has 116 valence electrons. The molecule has 2 heterocycles. The molecule has 0 aliphatic rings. The monoisotopic (exact) mass is 327 g/mol. The van der Waals surface area contributed by atoms with Crippen LogP contribution in [0.2, 0.25) is 0 Å². The Bertz CT molecular complexity index is 834. The van der Waals surface area contributed by atoms with Gasteiger partial charge in [-0.2, -0.15) is 0 Å². The van der Waals surface area contributed by atoms with E-state index in [9.17, 15) is 10.1 Å². The van der Waals surface area contributed by atoms with E-state index in [1.54, 1.807) is 18.3 Å². The first kappa shape index (κ1) is 15.1. The van der Waals surface area contributed by atoms with E-state index >= 15 is 0 Å². The lowest BCUT2D eigenvalue weighted by Crippen LogP contribution is -2.00. The molecule has 1 aromatic carbocycles. The Morgan fingerprint density at radius 1 is 1.30 bits per heavy atom. The van der Waals surface area contributed by atoms with Gasteiger partial charge < -0.3 is 4.74 Å². The number of aromatic nitrogens is 2. The van der Waals surface area contributed by atoms with Crippen LogP contribution in [-0.2, 0) is 6.61 Å². The Morgan fingerprint density at radius 3 is 2.91 bits per heavy atom. The number of thiazole rings is 1. The largest absolute Gasteiger partial charge is 0.480 e. The minimum atomic E-state index is -0.449. The molecule has 6 nitrogen and oxygen atoms in total. The molecule has 0 atom stereocenters. The molecule has 0 aliphatic carbocycles. The quantitative estimate of drug-likeness (QED) is 0.523. The van der Waals surface area contributed by atoms with Gasteiger partial charge >= 0.3 is 5.69 Å². The van der Waals surface area contributed by atoms with Crippen molar-refractivity contribution in [2.24, 2.45) is 0 Å². The third-order valence-electron chi connectivity index (χ3n) is 3.12. The molecule has 0 N–H and O–H groups in total. The summed E-state index contributed by atoms with van der Waals surface area (Å²) in [6.45, 7) is 2.03. The van der Waals surface area contributed by atoms with E-state index in [1.807, 2.05) is 30.5 Å². The van der Waals surface area contributed by atoms with Crippen molar-refractivity contribution >= 4 is 17.0 Å². The van der Waals surface area contributed by atoms with Gasteiger partial charge in [-0.05, 0) is 30.7 Å². The summed E-state index contributed by atoms with van der Waals surface area (Å²) < 4.78 is 5.60. The average Bonchev–Trinajstić information content (AvgIpc) is 3.02. The van der Waals surface area contributed by atoms with Gasteiger partial charge in [0.05, 0.1) is 16.3 Å². The zero-order valence-electron chi connectivity index (χ0n) is 12.3. The molecule has 0 aliphatic heterocycles. The lowest BCUT2D eigenvalue weighted by atomic mass is 10.2. The molecule has 0 fully saturated rings. The normalized spacial score (nSPS) is 10.5. The fourth-order valence-electron chi connectivity index (χ4n) is 2.02. The second kappa shape index (κ2) is 6.53. The predicted molar refractivity (Wildman–Crippen MR) is 87.5 cm³/mol. The molecule has 0 radical (unpaired) electrons. The molecule has 2 aromatic heterocycles. The van der Waals surface area contributed by atoms with E-state index in [4.69, 9.17) is 4.74 Å². The van der Waals surface area contributed by atoms with Crippen LogP contribution in [0.1, 0.15) is 11.3 Å². The van der Waals surface area contributed by atoms with Gasteiger partial charge in [-0.15, -0.1) is 11.3 Å². The number of hydrogen-bond acceptors (Lipinski definition) is 6. The first-order chi connectivity index (χ1) is 11.1. The van der Waals surface area contributed by atoms with Gasteiger partial charge in [-0.1, -0.05) is 12.1 Å². The molecule has 3 aromatic rings. The summed E-state index contributed by atoms with van der Waals surface area (Å²) in [6.07, 6.45) is 1.71. The molecule has 0 amide bonds. The van der Waals surface area contributed by atoms with E-state index in [0.29, 0.717) is 5.69 Å². The van der Waals surface area contributed by atoms with E-state index < -0.39 is 4.92 Å². The van der Waals surface area contributed by atoms with E-state index in [2.05, 4.69) is 9.97 Å². The zero-order chi connectivity index (χ0) is 16.2. The molecule has 23 heavy (non-hydrogen) atoms. The summed E-state index contributed by atoms with van der Waals surface area (Å²) in [6, 6.07) is 10.4. The standard InChI is InChI=1S/C16H13N3O3S/c1-11-5-6-14(19(20)21)15(8-11)22-9-12-10-23-16(18-12)13-4-2-3-7-17-13/h2-8,10H,9H2,1H3. The summed E-state index contributed by atoms with van der Waals surface area (Å²) >= 11 is 1.46. The van der Waals surface area contributed by atoms with Crippen molar-refractivity contribution in [3.63, 3.8) is 0 Å². The molecular formula is C16H13N3O3S. The molecule has 0 unspecified atom stereocenters. The molecule has 0 saturated carbocycles. The number of rotatable bonds is 5. The fraction of sp³-hybridized carbons (Fsp3) is 0.125. The molecule has 0 saturated heterocycles. The third-order valence-corrected chi connectivity index (χ3v) is 4.04. The highest BCUT2D eigenvalue weighted by molar-refractivity contribution is 7.13. The Labute approximate surface area is 136 Å². The summed E-state index contributed by atoms with van der Waals surface area (Å²) in [5, 5.41) is 13.7. The number of aryl methyl sites for hydroxylation is 1. The Hall–Kier alpha value is -2.80. The molecular weight excluding hydrogens is 314 g/mol. The van der Waals surface area contributed by atoms with Crippen molar-refractivity contribution in [1.82, 2.24) is 9.97 Å². The van der Waals surface area contributed by atoms with Crippen molar-refractivity contribution in [2.45, 2.75) is 13.5 Å². The van der Waals surface area contributed by atoms with Crippen molar-refractivity contribution in [2.75, 3.05) is 0 Å². The minimum absolute atomic E-state index is 0.0456. The van der Waals surface area contributed by atoms with Crippen LogP contribution < -0.4 is 4.74 Å². The summed E-state index contributed by atoms with van der Waals surface area (Å²) in [4.78, 5) is 19.3.